The number of rotatable bonds is 3. The summed E-state index contributed by atoms with van der Waals surface area (Å²) in [5, 5.41) is 0. The predicted octanol–water partition coefficient (Wildman–Crippen LogP) is 10.2. The molecule has 0 saturated carbocycles. The van der Waals surface area contributed by atoms with Crippen molar-refractivity contribution in [3.05, 3.63) is 178 Å². The molecule has 0 bridgehead atoms. The molecule has 0 spiro atoms. The van der Waals surface area contributed by atoms with E-state index in [1.165, 1.54) is 83.5 Å². The predicted molar refractivity (Wildman–Crippen MR) is 171 cm³/mol. The highest BCUT2D eigenvalue weighted by Gasteiger charge is 2.38. The molecule has 3 aliphatic carbocycles. The van der Waals surface area contributed by atoms with E-state index in [9.17, 15) is 0 Å². The molecule has 1 atom stereocenters. The molecule has 9 rings (SSSR count). The number of benzene rings is 6. The first-order valence-corrected chi connectivity index (χ1v) is 14.7. The fourth-order valence-corrected chi connectivity index (χ4v) is 7.72. The van der Waals surface area contributed by atoms with Crippen molar-refractivity contribution in [2.75, 3.05) is 0 Å². The Bertz CT molecular complexity index is 2040. The molecule has 0 amide bonds. The van der Waals surface area contributed by atoms with E-state index in [1.54, 1.807) is 0 Å². The Morgan fingerprint density at radius 1 is 0.415 bits per heavy atom. The zero-order chi connectivity index (χ0) is 26.9. The summed E-state index contributed by atoms with van der Waals surface area (Å²) in [5.74, 6) is 0.283. The zero-order valence-electron chi connectivity index (χ0n) is 22.8. The van der Waals surface area contributed by atoms with Crippen LogP contribution in [0.25, 0.3) is 44.5 Å². The number of allylic oxidation sites excluding steroid dienone is 2. The molecule has 0 radical (unpaired) electrons. The maximum absolute atomic E-state index is 2.42. The van der Waals surface area contributed by atoms with Gasteiger partial charge in [0.05, 0.1) is 0 Å². The van der Waals surface area contributed by atoms with Crippen molar-refractivity contribution < 1.29 is 0 Å². The van der Waals surface area contributed by atoms with Gasteiger partial charge in [-0.2, -0.15) is 0 Å². The van der Waals surface area contributed by atoms with Crippen LogP contribution < -0.4 is 0 Å². The zero-order valence-corrected chi connectivity index (χ0v) is 22.8. The van der Waals surface area contributed by atoms with Crippen molar-refractivity contribution >= 4 is 11.1 Å². The summed E-state index contributed by atoms with van der Waals surface area (Å²) in [6.07, 6.45) is 2.01. The summed E-state index contributed by atoms with van der Waals surface area (Å²) in [5.41, 5.74) is 21.0. The Balaban J connectivity index is 1.19. The fourth-order valence-electron chi connectivity index (χ4n) is 7.72. The molecule has 0 aliphatic heterocycles. The highest BCUT2D eigenvalue weighted by molar-refractivity contribution is 6.07. The van der Waals surface area contributed by atoms with Crippen LogP contribution in [0.1, 0.15) is 44.9 Å². The molecule has 6 aromatic carbocycles. The van der Waals surface area contributed by atoms with Crippen LogP contribution in [-0.2, 0) is 12.8 Å². The first-order chi connectivity index (χ1) is 20.3. The van der Waals surface area contributed by atoms with Gasteiger partial charge in [0, 0.05) is 5.92 Å². The van der Waals surface area contributed by atoms with Crippen molar-refractivity contribution in [1.82, 2.24) is 0 Å². The lowest BCUT2D eigenvalue weighted by Gasteiger charge is -2.20. The SMILES string of the molecule is c1ccc(C2C3=C(Cc4c3cccc4-c3ccccc3-c3ccc4c(c3)-c3ccccc3C4)c3ccccc32)cc1. The van der Waals surface area contributed by atoms with E-state index in [1.807, 2.05) is 0 Å². The van der Waals surface area contributed by atoms with E-state index >= 15 is 0 Å². The summed E-state index contributed by atoms with van der Waals surface area (Å²) in [7, 11) is 0. The monoisotopic (exact) mass is 520 g/mol. The third-order valence-corrected chi connectivity index (χ3v) is 9.49. The normalized spacial score (nSPS) is 15.8. The fraction of sp³-hybridized carbons (Fsp3) is 0.0732. The van der Waals surface area contributed by atoms with Gasteiger partial charge in [0.25, 0.3) is 0 Å². The van der Waals surface area contributed by atoms with Crippen LogP contribution in [0.15, 0.2) is 140 Å². The summed E-state index contributed by atoms with van der Waals surface area (Å²) in [6.45, 7) is 0. The average molecular weight is 521 g/mol. The van der Waals surface area contributed by atoms with E-state index in [-0.39, 0.29) is 5.92 Å². The molecular formula is C41H28. The maximum Gasteiger partial charge on any atom is 0.0355 e. The molecule has 0 heterocycles. The van der Waals surface area contributed by atoms with Crippen molar-refractivity contribution in [2.45, 2.75) is 18.8 Å². The Morgan fingerprint density at radius 2 is 1.07 bits per heavy atom. The molecule has 0 aromatic heterocycles. The average Bonchev–Trinajstić information content (AvgIpc) is 3.70. The summed E-state index contributed by atoms with van der Waals surface area (Å²) >= 11 is 0. The minimum Gasteiger partial charge on any atom is -0.0622 e. The van der Waals surface area contributed by atoms with E-state index in [2.05, 4.69) is 140 Å². The Hall–Kier alpha value is -4.94. The minimum absolute atomic E-state index is 0.283. The van der Waals surface area contributed by atoms with Gasteiger partial charge in [-0.3, -0.25) is 0 Å². The van der Waals surface area contributed by atoms with Crippen LogP contribution in [0.3, 0.4) is 0 Å². The van der Waals surface area contributed by atoms with E-state index in [0.29, 0.717) is 0 Å². The smallest absolute Gasteiger partial charge is 0.0355 e. The van der Waals surface area contributed by atoms with Crippen LogP contribution in [0, 0.1) is 0 Å². The van der Waals surface area contributed by atoms with Gasteiger partial charge in [0.1, 0.15) is 0 Å². The second-order valence-electron chi connectivity index (χ2n) is 11.6. The van der Waals surface area contributed by atoms with E-state index in [4.69, 9.17) is 0 Å². The van der Waals surface area contributed by atoms with Gasteiger partial charge in [0.15, 0.2) is 0 Å². The van der Waals surface area contributed by atoms with Crippen molar-refractivity contribution in [2.24, 2.45) is 0 Å². The minimum atomic E-state index is 0.283. The van der Waals surface area contributed by atoms with Gasteiger partial charge < -0.3 is 0 Å². The lowest BCUT2D eigenvalue weighted by molar-refractivity contribution is 1.06. The molecular weight excluding hydrogens is 492 g/mol. The summed E-state index contributed by atoms with van der Waals surface area (Å²) in [4.78, 5) is 0. The van der Waals surface area contributed by atoms with E-state index < -0.39 is 0 Å². The summed E-state index contributed by atoms with van der Waals surface area (Å²) in [6, 6.07) is 52.0. The number of hydrogen-bond donors (Lipinski definition) is 0. The van der Waals surface area contributed by atoms with Gasteiger partial charge in [-0.25, -0.2) is 0 Å². The van der Waals surface area contributed by atoms with Crippen molar-refractivity contribution in [1.29, 1.82) is 0 Å². The second-order valence-corrected chi connectivity index (χ2v) is 11.6. The van der Waals surface area contributed by atoms with Crippen LogP contribution in [-0.4, -0.2) is 0 Å². The largest absolute Gasteiger partial charge is 0.0622 e. The molecule has 3 aliphatic rings. The quantitative estimate of drug-likeness (QED) is 0.217. The maximum atomic E-state index is 2.42. The van der Waals surface area contributed by atoms with Crippen LogP contribution in [0.5, 0.6) is 0 Å². The van der Waals surface area contributed by atoms with Crippen LogP contribution in [0.2, 0.25) is 0 Å². The van der Waals surface area contributed by atoms with Gasteiger partial charge >= 0.3 is 0 Å². The molecule has 0 N–H and O–H groups in total. The standard InChI is InChI=1S/C41H28/c1-2-11-26(12-3-1)40-35-18-9-8-17-34(35)39-25-38-33(19-10-20-36(38)41(39)40)32-16-7-6-14-30(32)29-22-21-28-23-27-13-4-5-15-31(27)37(28)24-29/h1-22,24,40H,23,25H2. The van der Waals surface area contributed by atoms with Gasteiger partial charge in [-0.05, 0) is 102 Å². The van der Waals surface area contributed by atoms with Crippen LogP contribution in [0.4, 0.5) is 0 Å². The third-order valence-electron chi connectivity index (χ3n) is 9.49. The van der Waals surface area contributed by atoms with Gasteiger partial charge in [0.2, 0.25) is 0 Å². The second kappa shape index (κ2) is 8.78. The van der Waals surface area contributed by atoms with Crippen molar-refractivity contribution in [3.63, 3.8) is 0 Å². The molecule has 0 nitrogen and oxygen atoms in total. The summed E-state index contributed by atoms with van der Waals surface area (Å²) < 4.78 is 0. The molecule has 192 valence electrons. The van der Waals surface area contributed by atoms with Crippen LogP contribution >= 0.6 is 0 Å². The lowest BCUT2D eigenvalue weighted by Crippen LogP contribution is -2.03. The van der Waals surface area contributed by atoms with Crippen molar-refractivity contribution in [3.8, 4) is 33.4 Å². The number of fused-ring (bicyclic) bond motifs is 7. The number of hydrogen-bond acceptors (Lipinski definition) is 0. The Morgan fingerprint density at radius 3 is 1.95 bits per heavy atom. The molecule has 1 unspecified atom stereocenters. The first kappa shape index (κ1) is 22.8. The highest BCUT2D eigenvalue weighted by atomic mass is 14.4. The molecule has 41 heavy (non-hydrogen) atoms. The molecule has 0 saturated heterocycles. The lowest BCUT2D eigenvalue weighted by atomic mass is 9.83. The molecule has 0 fully saturated rings. The van der Waals surface area contributed by atoms with E-state index in [0.717, 1.165) is 12.8 Å². The third kappa shape index (κ3) is 3.34. The molecule has 0 heteroatoms. The molecule has 6 aromatic rings. The first-order valence-electron chi connectivity index (χ1n) is 14.7. The van der Waals surface area contributed by atoms with Gasteiger partial charge in [-0.15, -0.1) is 0 Å². The topological polar surface area (TPSA) is 0 Å². The Kier molecular flexibility index (Phi) is 4.89. The highest BCUT2D eigenvalue weighted by Crippen LogP contribution is 2.57. The van der Waals surface area contributed by atoms with Gasteiger partial charge in [-0.1, -0.05) is 133 Å². The Labute approximate surface area is 241 Å².